The monoisotopic (exact) mass is 362 g/mol. The second kappa shape index (κ2) is 10.8. The molecule has 0 radical (unpaired) electrons. The number of hydrogen-bond donors (Lipinski definition) is 1. The molecule has 0 fully saturated rings. The quantitative estimate of drug-likeness (QED) is 0.507. The molecule has 0 aliphatic carbocycles. The molecule has 0 aliphatic heterocycles. The summed E-state index contributed by atoms with van der Waals surface area (Å²) >= 11 is 0. The van der Waals surface area contributed by atoms with E-state index in [4.69, 9.17) is 4.74 Å². The van der Waals surface area contributed by atoms with Gasteiger partial charge in [-0.05, 0) is 41.9 Å². The topological polar surface area (TPSA) is 72.8 Å². The molecule has 2 atom stereocenters. The van der Waals surface area contributed by atoms with Gasteiger partial charge >= 0.3 is 11.9 Å². The van der Waals surface area contributed by atoms with Crippen LogP contribution in [0.2, 0.25) is 0 Å². The van der Waals surface area contributed by atoms with Crippen molar-refractivity contribution < 1.29 is 24.2 Å². The Hall–Kier alpha value is -2.14. The molecule has 0 bridgehead atoms. The van der Waals surface area contributed by atoms with Crippen molar-refractivity contribution in [2.24, 2.45) is 11.8 Å². The minimum Gasteiger partial charge on any atom is -0.460 e. The van der Waals surface area contributed by atoms with Crippen LogP contribution in [0, 0.1) is 11.8 Å². The highest BCUT2D eigenvalue weighted by Gasteiger charge is 2.18. The lowest BCUT2D eigenvalue weighted by atomic mass is 9.82. The summed E-state index contributed by atoms with van der Waals surface area (Å²) in [5, 5.41) is 9.66. The van der Waals surface area contributed by atoms with Gasteiger partial charge in [-0.3, -0.25) is 0 Å². The van der Waals surface area contributed by atoms with Crippen LogP contribution in [0.4, 0.5) is 0 Å². The summed E-state index contributed by atoms with van der Waals surface area (Å²) in [6, 6.07) is 7.42. The van der Waals surface area contributed by atoms with Gasteiger partial charge in [0.25, 0.3) is 0 Å². The molecule has 144 valence electrons. The molecule has 5 heteroatoms. The zero-order valence-electron chi connectivity index (χ0n) is 16.1. The SMILES string of the molecule is C=CC(=O)OCC(O)COC(=O)c1ccc(C(CC(C)C)C(C)C)cc1. The van der Waals surface area contributed by atoms with E-state index in [1.165, 1.54) is 5.56 Å². The van der Waals surface area contributed by atoms with Gasteiger partial charge in [-0.15, -0.1) is 0 Å². The fourth-order valence-corrected chi connectivity index (χ4v) is 2.71. The summed E-state index contributed by atoms with van der Waals surface area (Å²) in [6.45, 7) is 11.6. The van der Waals surface area contributed by atoms with E-state index in [0.29, 0.717) is 23.3 Å². The molecule has 0 aliphatic rings. The number of esters is 2. The van der Waals surface area contributed by atoms with E-state index >= 15 is 0 Å². The Balaban J connectivity index is 2.60. The Morgan fingerprint density at radius 3 is 2.15 bits per heavy atom. The molecule has 0 saturated heterocycles. The second-order valence-electron chi connectivity index (χ2n) is 7.19. The molecule has 5 nitrogen and oxygen atoms in total. The van der Waals surface area contributed by atoms with Crippen LogP contribution >= 0.6 is 0 Å². The van der Waals surface area contributed by atoms with Crippen molar-refractivity contribution in [3.8, 4) is 0 Å². The highest BCUT2D eigenvalue weighted by molar-refractivity contribution is 5.89. The Morgan fingerprint density at radius 1 is 1.08 bits per heavy atom. The number of carbonyl (C=O) groups is 2. The summed E-state index contributed by atoms with van der Waals surface area (Å²) in [5.41, 5.74) is 1.64. The average molecular weight is 362 g/mol. The summed E-state index contributed by atoms with van der Waals surface area (Å²) in [7, 11) is 0. The minimum atomic E-state index is -1.07. The lowest BCUT2D eigenvalue weighted by Gasteiger charge is -2.23. The molecular formula is C21H30O5. The smallest absolute Gasteiger partial charge is 0.338 e. The van der Waals surface area contributed by atoms with Crippen LogP contribution in [-0.4, -0.2) is 36.4 Å². The molecule has 1 rings (SSSR count). The summed E-state index contributed by atoms with van der Waals surface area (Å²) in [6.07, 6.45) is 1.03. The first-order chi connectivity index (χ1) is 12.2. The van der Waals surface area contributed by atoms with Gasteiger partial charge in [-0.2, -0.15) is 0 Å². The third-order valence-electron chi connectivity index (χ3n) is 4.10. The number of aliphatic hydroxyl groups excluding tert-OH is 1. The zero-order chi connectivity index (χ0) is 19.7. The molecule has 1 aromatic rings. The van der Waals surface area contributed by atoms with Gasteiger partial charge in [0, 0.05) is 6.08 Å². The van der Waals surface area contributed by atoms with Crippen LogP contribution in [0.1, 0.15) is 56.0 Å². The second-order valence-corrected chi connectivity index (χ2v) is 7.19. The van der Waals surface area contributed by atoms with Gasteiger partial charge in [0.1, 0.15) is 19.3 Å². The third-order valence-corrected chi connectivity index (χ3v) is 4.10. The van der Waals surface area contributed by atoms with Crippen LogP contribution in [0.5, 0.6) is 0 Å². The van der Waals surface area contributed by atoms with E-state index in [2.05, 4.69) is 39.0 Å². The average Bonchev–Trinajstić information content (AvgIpc) is 2.61. The molecule has 2 unspecified atom stereocenters. The van der Waals surface area contributed by atoms with Gasteiger partial charge in [-0.25, -0.2) is 9.59 Å². The van der Waals surface area contributed by atoms with Crippen molar-refractivity contribution in [1.82, 2.24) is 0 Å². The normalized spacial score (nSPS) is 13.3. The molecule has 0 amide bonds. The van der Waals surface area contributed by atoms with Crippen molar-refractivity contribution in [1.29, 1.82) is 0 Å². The lowest BCUT2D eigenvalue weighted by molar-refractivity contribution is -0.141. The maximum absolute atomic E-state index is 12.1. The first-order valence-electron chi connectivity index (χ1n) is 8.98. The van der Waals surface area contributed by atoms with Crippen molar-refractivity contribution in [2.45, 2.75) is 46.1 Å². The number of carbonyl (C=O) groups excluding carboxylic acids is 2. The van der Waals surface area contributed by atoms with E-state index in [1.54, 1.807) is 12.1 Å². The number of ether oxygens (including phenoxy) is 2. The van der Waals surface area contributed by atoms with E-state index in [9.17, 15) is 14.7 Å². The molecule has 1 N–H and O–H groups in total. The standard InChI is InChI=1S/C21H30O5/c1-6-20(23)25-12-18(22)13-26-21(24)17-9-7-16(8-10-17)19(15(4)5)11-14(2)3/h6-10,14-15,18-19,22H,1,11-13H2,2-5H3. The number of aliphatic hydroxyl groups is 1. The van der Waals surface area contributed by atoms with E-state index in [-0.39, 0.29) is 13.2 Å². The Labute approximate surface area is 156 Å². The van der Waals surface area contributed by atoms with Gasteiger partial charge < -0.3 is 14.6 Å². The predicted molar refractivity (Wildman–Crippen MR) is 101 cm³/mol. The maximum Gasteiger partial charge on any atom is 0.338 e. The third kappa shape index (κ3) is 7.40. The van der Waals surface area contributed by atoms with E-state index < -0.39 is 18.0 Å². The lowest BCUT2D eigenvalue weighted by Crippen LogP contribution is -2.25. The fourth-order valence-electron chi connectivity index (χ4n) is 2.71. The number of rotatable bonds is 10. The first-order valence-corrected chi connectivity index (χ1v) is 8.98. The summed E-state index contributed by atoms with van der Waals surface area (Å²) in [5.74, 6) is 0.413. The van der Waals surface area contributed by atoms with Crippen molar-refractivity contribution >= 4 is 11.9 Å². The van der Waals surface area contributed by atoms with Crippen LogP contribution < -0.4 is 0 Å². The highest BCUT2D eigenvalue weighted by atomic mass is 16.6. The van der Waals surface area contributed by atoms with Crippen LogP contribution in [0.25, 0.3) is 0 Å². The predicted octanol–water partition coefficient (Wildman–Crippen LogP) is 3.72. The van der Waals surface area contributed by atoms with Crippen LogP contribution in [0.3, 0.4) is 0 Å². The number of hydrogen-bond acceptors (Lipinski definition) is 5. The molecule has 1 aromatic carbocycles. The first kappa shape index (κ1) is 21.9. The maximum atomic E-state index is 12.1. The fraction of sp³-hybridized carbons (Fsp3) is 0.524. The Kier molecular flexibility index (Phi) is 9.07. The Morgan fingerprint density at radius 2 is 1.65 bits per heavy atom. The molecule has 26 heavy (non-hydrogen) atoms. The summed E-state index contributed by atoms with van der Waals surface area (Å²) < 4.78 is 9.75. The highest BCUT2D eigenvalue weighted by Crippen LogP contribution is 2.31. The Bertz CT molecular complexity index is 589. The minimum absolute atomic E-state index is 0.243. The van der Waals surface area contributed by atoms with Gasteiger partial charge in [-0.1, -0.05) is 46.4 Å². The van der Waals surface area contributed by atoms with Crippen LogP contribution in [-0.2, 0) is 14.3 Å². The molecule has 0 saturated carbocycles. The van der Waals surface area contributed by atoms with E-state index in [0.717, 1.165) is 12.5 Å². The summed E-state index contributed by atoms with van der Waals surface area (Å²) in [4.78, 5) is 23.0. The van der Waals surface area contributed by atoms with Gasteiger partial charge in [0.2, 0.25) is 0 Å². The van der Waals surface area contributed by atoms with Crippen molar-refractivity contribution in [3.63, 3.8) is 0 Å². The van der Waals surface area contributed by atoms with Crippen LogP contribution in [0.15, 0.2) is 36.9 Å². The molecule has 0 spiro atoms. The number of benzene rings is 1. The molecular weight excluding hydrogens is 332 g/mol. The van der Waals surface area contributed by atoms with Crippen molar-refractivity contribution in [2.75, 3.05) is 13.2 Å². The zero-order valence-corrected chi connectivity index (χ0v) is 16.1. The molecule has 0 heterocycles. The largest absolute Gasteiger partial charge is 0.460 e. The van der Waals surface area contributed by atoms with Crippen molar-refractivity contribution in [3.05, 3.63) is 48.0 Å². The van der Waals surface area contributed by atoms with Gasteiger partial charge in [0.15, 0.2) is 0 Å². The molecule has 0 aromatic heterocycles. The van der Waals surface area contributed by atoms with Gasteiger partial charge in [0.05, 0.1) is 5.56 Å². The van der Waals surface area contributed by atoms with E-state index in [1.807, 2.05) is 12.1 Å².